The van der Waals surface area contributed by atoms with E-state index < -0.39 is 0 Å². The smallest absolute Gasteiger partial charge is 0.231 e. The number of carbonyl (C=O) groups excluding carboxylic acids is 1. The van der Waals surface area contributed by atoms with Crippen LogP contribution in [-0.4, -0.2) is 34.6 Å². The van der Waals surface area contributed by atoms with E-state index in [9.17, 15) is 4.79 Å². The average Bonchev–Trinajstić information content (AvgIpc) is 3.44. The van der Waals surface area contributed by atoms with Crippen molar-refractivity contribution in [3.8, 4) is 22.4 Å². The molecule has 0 radical (unpaired) electrons. The third-order valence-corrected chi connectivity index (χ3v) is 5.66. The lowest BCUT2D eigenvalue weighted by atomic mass is 10.1. The molecule has 0 atom stereocenters. The van der Waals surface area contributed by atoms with Crippen molar-refractivity contribution >= 4 is 33.3 Å². The lowest BCUT2D eigenvalue weighted by Crippen LogP contribution is -2.17. The van der Waals surface area contributed by atoms with Crippen molar-refractivity contribution in [2.24, 2.45) is 0 Å². The van der Waals surface area contributed by atoms with Gasteiger partial charge in [0.1, 0.15) is 11.6 Å². The second-order valence-electron chi connectivity index (χ2n) is 6.83. The highest BCUT2D eigenvalue weighted by molar-refractivity contribution is 7.20. The summed E-state index contributed by atoms with van der Waals surface area (Å²) in [6.45, 7) is 2.08. The Balaban J connectivity index is 1.39. The van der Waals surface area contributed by atoms with Crippen molar-refractivity contribution in [1.82, 2.24) is 14.8 Å². The third-order valence-electron chi connectivity index (χ3n) is 4.67. The SMILES string of the molecule is COc1ccc2nc(-n3nc(C)cc3NC(=O)Cc3ccc4c(c3)OCO4)sc2c1. The molecule has 0 saturated carbocycles. The van der Waals surface area contributed by atoms with Crippen LogP contribution < -0.4 is 19.5 Å². The number of carbonyl (C=O) groups is 1. The first kappa shape index (κ1) is 18.4. The van der Waals surface area contributed by atoms with Crippen molar-refractivity contribution in [3.63, 3.8) is 0 Å². The van der Waals surface area contributed by atoms with Crippen LogP contribution >= 0.6 is 11.3 Å². The second kappa shape index (κ2) is 7.34. The maximum atomic E-state index is 12.7. The zero-order chi connectivity index (χ0) is 20.7. The van der Waals surface area contributed by atoms with E-state index in [0.29, 0.717) is 22.4 Å². The van der Waals surface area contributed by atoms with Gasteiger partial charge in [0, 0.05) is 6.07 Å². The quantitative estimate of drug-likeness (QED) is 0.528. The van der Waals surface area contributed by atoms with Gasteiger partial charge in [-0.15, -0.1) is 0 Å². The summed E-state index contributed by atoms with van der Waals surface area (Å²) >= 11 is 1.48. The number of fused-ring (bicyclic) bond motifs is 2. The molecule has 0 aliphatic carbocycles. The molecule has 5 rings (SSSR count). The Morgan fingerprint density at radius 2 is 2.07 bits per heavy atom. The molecule has 3 heterocycles. The Labute approximate surface area is 176 Å². The molecule has 8 nitrogen and oxygen atoms in total. The zero-order valence-electron chi connectivity index (χ0n) is 16.3. The highest BCUT2D eigenvalue weighted by Crippen LogP contribution is 2.33. The van der Waals surface area contributed by atoms with Crippen LogP contribution in [0.2, 0.25) is 0 Å². The molecule has 152 valence electrons. The Bertz CT molecular complexity index is 1260. The molecule has 0 fully saturated rings. The fraction of sp³-hybridized carbons (Fsp3) is 0.190. The van der Waals surface area contributed by atoms with Gasteiger partial charge in [-0.25, -0.2) is 4.98 Å². The molecule has 1 aliphatic rings. The molecule has 0 bridgehead atoms. The van der Waals surface area contributed by atoms with Crippen LogP contribution in [0.25, 0.3) is 15.3 Å². The molecule has 0 saturated heterocycles. The van der Waals surface area contributed by atoms with Gasteiger partial charge in [-0.1, -0.05) is 17.4 Å². The van der Waals surface area contributed by atoms with E-state index in [0.717, 1.165) is 27.2 Å². The Hall–Kier alpha value is -3.59. The molecular formula is C21H18N4O4S. The molecule has 4 aromatic rings. The molecule has 30 heavy (non-hydrogen) atoms. The molecule has 1 aliphatic heterocycles. The number of nitrogens with one attached hydrogen (secondary N) is 1. The van der Waals surface area contributed by atoms with Crippen molar-refractivity contribution in [2.45, 2.75) is 13.3 Å². The van der Waals surface area contributed by atoms with E-state index in [1.807, 2.05) is 49.4 Å². The molecule has 2 aromatic heterocycles. The van der Waals surface area contributed by atoms with Gasteiger partial charge < -0.3 is 19.5 Å². The van der Waals surface area contributed by atoms with Gasteiger partial charge in [0.2, 0.25) is 17.8 Å². The number of rotatable bonds is 5. The predicted molar refractivity (Wildman–Crippen MR) is 113 cm³/mol. The Morgan fingerprint density at radius 3 is 2.93 bits per heavy atom. The number of ether oxygens (including phenoxy) is 3. The molecule has 1 N–H and O–H groups in total. The fourth-order valence-corrected chi connectivity index (χ4v) is 4.23. The van der Waals surface area contributed by atoms with Crippen LogP contribution in [-0.2, 0) is 11.2 Å². The van der Waals surface area contributed by atoms with Crippen LogP contribution in [0.1, 0.15) is 11.3 Å². The summed E-state index contributed by atoms with van der Waals surface area (Å²) in [6.07, 6.45) is 0.206. The van der Waals surface area contributed by atoms with Crippen molar-refractivity contribution < 1.29 is 19.0 Å². The number of methoxy groups -OCH3 is 1. The summed E-state index contributed by atoms with van der Waals surface area (Å²) in [6, 6.07) is 13.0. The van der Waals surface area contributed by atoms with Gasteiger partial charge in [0.05, 0.1) is 29.4 Å². The molecule has 2 aromatic carbocycles. The monoisotopic (exact) mass is 422 g/mol. The number of amides is 1. The maximum Gasteiger partial charge on any atom is 0.231 e. The standard InChI is InChI=1S/C21H18N4O4S/c1-12-7-19(23-20(26)9-13-3-6-16-17(8-13)29-11-28-16)25(24-12)21-22-15-5-4-14(27-2)10-18(15)30-21/h3-8,10H,9,11H2,1-2H3,(H,23,26). The van der Waals surface area contributed by atoms with E-state index >= 15 is 0 Å². The van der Waals surface area contributed by atoms with Crippen LogP contribution in [0.3, 0.4) is 0 Å². The Kier molecular flexibility index (Phi) is 4.51. The van der Waals surface area contributed by atoms with Crippen LogP contribution in [0, 0.1) is 6.92 Å². The van der Waals surface area contributed by atoms with Crippen molar-refractivity contribution in [2.75, 3.05) is 19.2 Å². The number of hydrogen-bond donors (Lipinski definition) is 1. The van der Waals surface area contributed by atoms with Crippen LogP contribution in [0.15, 0.2) is 42.5 Å². The number of nitrogens with zero attached hydrogens (tertiary/aromatic N) is 3. The van der Waals surface area contributed by atoms with E-state index in [1.165, 1.54) is 11.3 Å². The molecule has 9 heteroatoms. The third kappa shape index (κ3) is 3.43. The number of thiazole rings is 1. The molecule has 1 amide bonds. The lowest BCUT2D eigenvalue weighted by molar-refractivity contribution is -0.115. The lowest BCUT2D eigenvalue weighted by Gasteiger charge is -2.07. The van der Waals surface area contributed by atoms with Crippen LogP contribution in [0.4, 0.5) is 5.82 Å². The topological polar surface area (TPSA) is 87.5 Å². The summed E-state index contributed by atoms with van der Waals surface area (Å²) in [5.74, 6) is 2.54. The van der Waals surface area contributed by atoms with Crippen LogP contribution in [0.5, 0.6) is 17.2 Å². The Morgan fingerprint density at radius 1 is 1.20 bits per heavy atom. The first-order valence-corrected chi connectivity index (χ1v) is 10.1. The first-order chi connectivity index (χ1) is 14.6. The van der Waals surface area contributed by atoms with Gasteiger partial charge in [0.25, 0.3) is 0 Å². The van der Waals surface area contributed by atoms with Gasteiger partial charge in [-0.3, -0.25) is 4.79 Å². The average molecular weight is 422 g/mol. The highest BCUT2D eigenvalue weighted by atomic mass is 32.1. The van der Waals surface area contributed by atoms with E-state index in [2.05, 4.69) is 15.4 Å². The zero-order valence-corrected chi connectivity index (χ0v) is 17.2. The summed E-state index contributed by atoms with van der Waals surface area (Å²) < 4.78 is 18.6. The van der Waals surface area contributed by atoms with Crippen molar-refractivity contribution in [1.29, 1.82) is 0 Å². The first-order valence-electron chi connectivity index (χ1n) is 9.29. The van der Waals surface area contributed by atoms with Crippen molar-refractivity contribution in [3.05, 3.63) is 53.7 Å². The van der Waals surface area contributed by atoms with E-state index in [1.54, 1.807) is 11.8 Å². The number of aromatic nitrogens is 3. The summed E-state index contributed by atoms with van der Waals surface area (Å²) in [5.41, 5.74) is 2.47. The summed E-state index contributed by atoms with van der Waals surface area (Å²) in [7, 11) is 1.63. The van der Waals surface area contributed by atoms with E-state index in [4.69, 9.17) is 14.2 Å². The second-order valence-corrected chi connectivity index (χ2v) is 7.83. The largest absolute Gasteiger partial charge is 0.497 e. The van der Waals surface area contributed by atoms with Gasteiger partial charge in [-0.05, 0) is 42.8 Å². The maximum absolute atomic E-state index is 12.7. The highest BCUT2D eigenvalue weighted by Gasteiger charge is 2.17. The predicted octanol–water partition coefficient (Wildman–Crippen LogP) is 3.71. The normalized spacial score (nSPS) is 12.3. The minimum atomic E-state index is -0.155. The number of aryl methyl sites for hydroxylation is 1. The van der Waals surface area contributed by atoms with Gasteiger partial charge in [-0.2, -0.15) is 9.78 Å². The van der Waals surface area contributed by atoms with Gasteiger partial charge >= 0.3 is 0 Å². The summed E-state index contributed by atoms with van der Waals surface area (Å²) in [4.78, 5) is 17.3. The molecular weight excluding hydrogens is 404 g/mol. The van der Waals surface area contributed by atoms with E-state index in [-0.39, 0.29) is 19.1 Å². The minimum absolute atomic E-state index is 0.155. The number of hydrogen-bond acceptors (Lipinski definition) is 7. The number of anilines is 1. The minimum Gasteiger partial charge on any atom is -0.497 e. The number of benzene rings is 2. The summed E-state index contributed by atoms with van der Waals surface area (Å²) in [5, 5.41) is 8.12. The fourth-order valence-electron chi connectivity index (χ4n) is 3.27. The van der Waals surface area contributed by atoms with Gasteiger partial charge in [0.15, 0.2) is 11.5 Å². The molecule has 0 spiro atoms. The molecule has 0 unspecified atom stereocenters.